The summed E-state index contributed by atoms with van der Waals surface area (Å²) in [5, 5.41) is 0.570. The van der Waals surface area contributed by atoms with Crippen molar-refractivity contribution in [3.8, 4) is 11.5 Å². The Balaban J connectivity index is 2.22. The SMILES string of the molecule is CS(=O)(=O)NC(=O)c1ccc(Oc2ccc(Cl)c(Cl)c2)c(F)c1. The summed E-state index contributed by atoms with van der Waals surface area (Å²) in [5.41, 5.74) is -0.158. The van der Waals surface area contributed by atoms with Gasteiger partial charge in [0.1, 0.15) is 5.75 Å². The zero-order valence-corrected chi connectivity index (χ0v) is 14.0. The van der Waals surface area contributed by atoms with Gasteiger partial charge in [-0.15, -0.1) is 0 Å². The molecule has 2 rings (SSSR count). The van der Waals surface area contributed by atoms with Crippen LogP contribution in [-0.4, -0.2) is 20.6 Å². The number of sulfonamides is 1. The number of hydrogen-bond donors (Lipinski definition) is 1. The highest BCUT2D eigenvalue weighted by Gasteiger charge is 2.14. The second kappa shape index (κ2) is 6.74. The lowest BCUT2D eigenvalue weighted by atomic mass is 10.2. The number of hydrogen-bond acceptors (Lipinski definition) is 4. The van der Waals surface area contributed by atoms with Crippen molar-refractivity contribution in [3.05, 3.63) is 57.8 Å². The molecule has 0 saturated carbocycles. The van der Waals surface area contributed by atoms with Gasteiger partial charge < -0.3 is 4.74 Å². The lowest BCUT2D eigenvalue weighted by Gasteiger charge is -2.09. The third-order valence-electron chi connectivity index (χ3n) is 2.59. The highest BCUT2D eigenvalue weighted by Crippen LogP contribution is 2.30. The molecule has 0 aliphatic heterocycles. The Labute approximate surface area is 142 Å². The van der Waals surface area contributed by atoms with E-state index >= 15 is 0 Å². The minimum Gasteiger partial charge on any atom is -0.454 e. The molecule has 23 heavy (non-hydrogen) atoms. The van der Waals surface area contributed by atoms with E-state index in [-0.39, 0.29) is 22.1 Å². The van der Waals surface area contributed by atoms with Gasteiger partial charge in [0.05, 0.1) is 16.3 Å². The van der Waals surface area contributed by atoms with Gasteiger partial charge in [-0.05, 0) is 30.3 Å². The maximum Gasteiger partial charge on any atom is 0.264 e. The first kappa shape index (κ1) is 17.5. The first-order valence-corrected chi connectivity index (χ1v) is 8.75. The highest BCUT2D eigenvalue weighted by atomic mass is 35.5. The van der Waals surface area contributed by atoms with Crippen LogP contribution in [0.3, 0.4) is 0 Å². The van der Waals surface area contributed by atoms with Crippen LogP contribution in [0.2, 0.25) is 10.0 Å². The van der Waals surface area contributed by atoms with Crippen molar-refractivity contribution >= 4 is 39.1 Å². The number of amides is 1. The van der Waals surface area contributed by atoms with E-state index in [9.17, 15) is 17.6 Å². The van der Waals surface area contributed by atoms with Crippen molar-refractivity contribution in [1.82, 2.24) is 4.72 Å². The quantitative estimate of drug-likeness (QED) is 0.882. The van der Waals surface area contributed by atoms with E-state index < -0.39 is 21.7 Å². The average molecular weight is 378 g/mol. The van der Waals surface area contributed by atoms with Gasteiger partial charge in [-0.2, -0.15) is 0 Å². The van der Waals surface area contributed by atoms with Crippen LogP contribution in [0.25, 0.3) is 0 Å². The maximum atomic E-state index is 14.0. The molecule has 0 fully saturated rings. The fraction of sp³-hybridized carbons (Fsp3) is 0.0714. The smallest absolute Gasteiger partial charge is 0.264 e. The molecule has 1 N–H and O–H groups in total. The Kier molecular flexibility index (Phi) is 5.13. The highest BCUT2D eigenvalue weighted by molar-refractivity contribution is 7.89. The van der Waals surface area contributed by atoms with Gasteiger partial charge in [-0.1, -0.05) is 23.2 Å². The van der Waals surface area contributed by atoms with E-state index in [1.165, 1.54) is 30.3 Å². The summed E-state index contributed by atoms with van der Waals surface area (Å²) < 4.78 is 43.0. The van der Waals surface area contributed by atoms with Gasteiger partial charge in [0.15, 0.2) is 11.6 Å². The largest absolute Gasteiger partial charge is 0.454 e. The summed E-state index contributed by atoms with van der Waals surface area (Å²) in [7, 11) is -3.73. The Morgan fingerprint density at radius 3 is 2.39 bits per heavy atom. The van der Waals surface area contributed by atoms with Gasteiger partial charge in [0.25, 0.3) is 5.91 Å². The number of carbonyl (C=O) groups excluding carboxylic acids is 1. The third kappa shape index (κ3) is 4.82. The monoisotopic (exact) mass is 377 g/mol. The number of carbonyl (C=O) groups is 1. The zero-order chi connectivity index (χ0) is 17.2. The van der Waals surface area contributed by atoms with Crippen LogP contribution in [-0.2, 0) is 10.0 Å². The summed E-state index contributed by atoms with van der Waals surface area (Å²) in [4.78, 5) is 11.6. The Bertz CT molecular complexity index is 871. The van der Waals surface area contributed by atoms with Crippen molar-refractivity contribution in [1.29, 1.82) is 0 Å². The van der Waals surface area contributed by atoms with Gasteiger partial charge in [-0.25, -0.2) is 17.5 Å². The van der Waals surface area contributed by atoms with Gasteiger partial charge in [0, 0.05) is 11.6 Å². The molecule has 1 amide bonds. The van der Waals surface area contributed by atoms with Crippen LogP contribution in [0.4, 0.5) is 4.39 Å². The molecule has 2 aromatic rings. The lowest BCUT2D eigenvalue weighted by molar-refractivity contribution is 0.0981. The molecule has 9 heteroatoms. The van der Waals surface area contributed by atoms with Gasteiger partial charge in [-0.3, -0.25) is 4.79 Å². The second-order valence-electron chi connectivity index (χ2n) is 4.53. The molecule has 0 aliphatic rings. The fourth-order valence-electron chi connectivity index (χ4n) is 1.62. The number of halogens is 3. The van der Waals surface area contributed by atoms with E-state index in [1.54, 1.807) is 4.72 Å². The molecule has 0 atom stereocenters. The molecule has 5 nitrogen and oxygen atoms in total. The van der Waals surface area contributed by atoms with Gasteiger partial charge in [0.2, 0.25) is 10.0 Å². The molecule has 2 aromatic carbocycles. The number of benzene rings is 2. The topological polar surface area (TPSA) is 72.5 Å². The van der Waals surface area contributed by atoms with E-state index in [0.29, 0.717) is 5.02 Å². The minimum atomic E-state index is -3.73. The average Bonchev–Trinajstić information content (AvgIpc) is 2.43. The number of rotatable bonds is 4. The Morgan fingerprint density at radius 2 is 1.83 bits per heavy atom. The van der Waals surface area contributed by atoms with E-state index in [2.05, 4.69) is 0 Å². The van der Waals surface area contributed by atoms with Crippen LogP contribution in [0.5, 0.6) is 11.5 Å². The molecule has 0 unspecified atom stereocenters. The molecule has 0 spiro atoms. The summed E-state index contributed by atoms with van der Waals surface area (Å²) in [5.74, 6) is -1.67. The van der Waals surface area contributed by atoms with Crippen LogP contribution in [0, 0.1) is 5.82 Å². The second-order valence-corrected chi connectivity index (χ2v) is 7.09. The number of nitrogens with one attached hydrogen (secondary N) is 1. The van der Waals surface area contributed by atoms with Crippen molar-refractivity contribution in [3.63, 3.8) is 0 Å². The van der Waals surface area contributed by atoms with Gasteiger partial charge >= 0.3 is 0 Å². The Morgan fingerprint density at radius 1 is 1.13 bits per heavy atom. The molecule has 0 aromatic heterocycles. The standard InChI is InChI=1S/C14H10Cl2FNO4S/c1-23(20,21)18-14(19)8-2-5-13(12(17)6-8)22-9-3-4-10(15)11(16)7-9/h2-7H,1H3,(H,18,19). The predicted molar refractivity (Wildman–Crippen MR) is 85.2 cm³/mol. The Hall–Kier alpha value is -1.83. The predicted octanol–water partition coefficient (Wildman–Crippen LogP) is 3.61. The minimum absolute atomic E-state index is 0.153. The van der Waals surface area contributed by atoms with Crippen molar-refractivity contribution in [2.45, 2.75) is 0 Å². The number of ether oxygens (including phenoxy) is 1. The van der Waals surface area contributed by atoms with Crippen LogP contribution >= 0.6 is 23.2 Å². The normalized spacial score (nSPS) is 11.1. The first-order valence-electron chi connectivity index (χ1n) is 6.10. The zero-order valence-electron chi connectivity index (χ0n) is 11.6. The summed E-state index contributed by atoms with van der Waals surface area (Å²) in [6.07, 6.45) is 0.822. The molecule has 0 bridgehead atoms. The molecule has 122 valence electrons. The molecule has 0 heterocycles. The van der Waals surface area contributed by atoms with Crippen LogP contribution in [0.1, 0.15) is 10.4 Å². The van der Waals surface area contributed by atoms with E-state index in [1.807, 2.05) is 0 Å². The fourth-order valence-corrected chi connectivity index (χ4v) is 2.36. The van der Waals surface area contributed by atoms with Crippen molar-refractivity contribution in [2.24, 2.45) is 0 Å². The molecule has 0 radical (unpaired) electrons. The maximum absolute atomic E-state index is 14.0. The van der Waals surface area contributed by atoms with E-state index in [4.69, 9.17) is 27.9 Å². The lowest BCUT2D eigenvalue weighted by Crippen LogP contribution is -2.29. The van der Waals surface area contributed by atoms with E-state index in [0.717, 1.165) is 12.3 Å². The first-order chi connectivity index (χ1) is 10.7. The van der Waals surface area contributed by atoms with Crippen LogP contribution in [0.15, 0.2) is 36.4 Å². The van der Waals surface area contributed by atoms with Crippen molar-refractivity contribution < 1.29 is 22.3 Å². The third-order valence-corrected chi connectivity index (χ3v) is 3.89. The summed E-state index contributed by atoms with van der Waals surface area (Å²) >= 11 is 11.6. The molecule has 0 saturated heterocycles. The molecular weight excluding hydrogens is 368 g/mol. The molecule has 0 aliphatic carbocycles. The van der Waals surface area contributed by atoms with Crippen molar-refractivity contribution in [2.75, 3.05) is 6.26 Å². The van der Waals surface area contributed by atoms with Crippen LogP contribution < -0.4 is 9.46 Å². The summed E-state index contributed by atoms with van der Waals surface area (Å²) in [6, 6.07) is 7.70. The molecular formula is C14H10Cl2FNO4S. The summed E-state index contributed by atoms with van der Waals surface area (Å²) in [6.45, 7) is 0.